The fraction of sp³-hybridized carbons (Fsp3) is 0.0370. The van der Waals surface area contributed by atoms with Gasteiger partial charge in [-0.2, -0.15) is 5.10 Å². The highest BCUT2D eigenvalue weighted by atomic mass is 16.6. The van der Waals surface area contributed by atoms with Gasteiger partial charge in [-0.25, -0.2) is 0 Å². The van der Waals surface area contributed by atoms with E-state index < -0.39 is 21.2 Å². The molecule has 0 N–H and O–H groups in total. The number of hydrogen-bond acceptors (Lipinski definition) is 8. The number of hydrogen-bond donors (Lipinski definition) is 0. The molecule has 0 bridgehead atoms. The van der Waals surface area contributed by atoms with Gasteiger partial charge < -0.3 is 9.47 Å². The minimum Gasteiger partial charge on any atom is -0.493 e. The number of non-ortho nitro benzene ring substituents is 1. The summed E-state index contributed by atoms with van der Waals surface area (Å²) in [6.07, 6.45) is 1.55. The largest absolute Gasteiger partial charge is 0.493 e. The van der Waals surface area contributed by atoms with E-state index in [2.05, 4.69) is 10.2 Å². The van der Waals surface area contributed by atoms with Crippen LogP contribution in [0.3, 0.4) is 0 Å². The van der Waals surface area contributed by atoms with Gasteiger partial charge in [0.2, 0.25) is 5.75 Å². The van der Waals surface area contributed by atoms with Crippen LogP contribution in [0.5, 0.6) is 17.2 Å². The number of ether oxygens (including phenoxy) is 2. The quantitative estimate of drug-likeness (QED) is 0.155. The fourth-order valence-electron chi connectivity index (χ4n) is 3.44. The van der Waals surface area contributed by atoms with Gasteiger partial charge in [-0.3, -0.25) is 20.2 Å². The lowest BCUT2D eigenvalue weighted by Crippen LogP contribution is -2.02. The molecule has 0 aliphatic rings. The van der Waals surface area contributed by atoms with Gasteiger partial charge >= 0.3 is 5.69 Å². The zero-order valence-electron chi connectivity index (χ0n) is 19.6. The Morgan fingerprint density at radius 1 is 0.757 bits per heavy atom. The molecular weight excluding hydrogens is 476 g/mol. The Morgan fingerprint density at radius 3 is 1.95 bits per heavy atom. The van der Waals surface area contributed by atoms with Crippen molar-refractivity contribution in [2.45, 2.75) is 0 Å². The highest BCUT2D eigenvalue weighted by Gasteiger charge is 2.22. The lowest BCUT2D eigenvalue weighted by atomic mass is 10.0. The molecule has 0 unspecified atom stereocenters. The molecule has 0 aliphatic heterocycles. The van der Waals surface area contributed by atoms with Gasteiger partial charge in [0.05, 0.1) is 29.2 Å². The van der Waals surface area contributed by atoms with Crippen molar-refractivity contribution in [1.29, 1.82) is 0 Å². The molecule has 0 radical (unpaired) electrons. The van der Waals surface area contributed by atoms with E-state index in [1.54, 1.807) is 24.4 Å². The van der Waals surface area contributed by atoms with E-state index in [9.17, 15) is 20.2 Å². The number of methoxy groups -OCH3 is 1. The lowest BCUT2D eigenvalue weighted by molar-refractivity contribution is -0.394. The summed E-state index contributed by atoms with van der Waals surface area (Å²) < 4.78 is 11.1. The van der Waals surface area contributed by atoms with Gasteiger partial charge in [0.25, 0.3) is 5.69 Å². The van der Waals surface area contributed by atoms with Crippen LogP contribution in [0.25, 0.3) is 0 Å². The molecule has 184 valence electrons. The summed E-state index contributed by atoms with van der Waals surface area (Å²) in [6.45, 7) is 0. The van der Waals surface area contributed by atoms with Crippen LogP contribution in [-0.2, 0) is 0 Å². The number of benzene rings is 4. The van der Waals surface area contributed by atoms with Crippen LogP contribution < -0.4 is 9.47 Å². The highest BCUT2D eigenvalue weighted by molar-refractivity contribution is 6.12. The lowest BCUT2D eigenvalue weighted by Gasteiger charge is -2.11. The molecule has 10 heteroatoms. The third-order valence-corrected chi connectivity index (χ3v) is 5.22. The molecule has 0 aromatic heterocycles. The highest BCUT2D eigenvalue weighted by Crippen LogP contribution is 2.38. The van der Waals surface area contributed by atoms with Crippen LogP contribution in [0.15, 0.2) is 107 Å². The van der Waals surface area contributed by atoms with E-state index in [0.29, 0.717) is 11.3 Å². The molecule has 0 fully saturated rings. The summed E-state index contributed by atoms with van der Waals surface area (Å²) in [5.41, 5.74) is 2.23. The van der Waals surface area contributed by atoms with Gasteiger partial charge in [0, 0.05) is 17.2 Å². The van der Waals surface area contributed by atoms with Crippen molar-refractivity contribution in [3.8, 4) is 17.2 Å². The van der Waals surface area contributed by atoms with Crippen molar-refractivity contribution >= 4 is 23.3 Å². The van der Waals surface area contributed by atoms with E-state index in [1.165, 1.54) is 13.2 Å². The van der Waals surface area contributed by atoms with Crippen LogP contribution in [0.1, 0.15) is 16.7 Å². The van der Waals surface area contributed by atoms with E-state index in [-0.39, 0.29) is 17.2 Å². The van der Waals surface area contributed by atoms with Crippen LogP contribution in [-0.4, -0.2) is 28.9 Å². The minimum atomic E-state index is -0.745. The summed E-state index contributed by atoms with van der Waals surface area (Å²) >= 11 is 0. The van der Waals surface area contributed by atoms with Crippen LogP contribution in [0.4, 0.5) is 11.4 Å². The summed E-state index contributed by atoms with van der Waals surface area (Å²) in [5, 5.41) is 31.1. The molecule has 10 nitrogen and oxygen atoms in total. The van der Waals surface area contributed by atoms with Gasteiger partial charge in [-0.05, 0) is 29.8 Å². The number of rotatable bonds is 9. The van der Waals surface area contributed by atoms with Gasteiger partial charge in [0.1, 0.15) is 5.71 Å². The van der Waals surface area contributed by atoms with E-state index >= 15 is 0 Å². The van der Waals surface area contributed by atoms with Crippen LogP contribution in [0, 0.1) is 20.2 Å². The maximum Gasteiger partial charge on any atom is 0.318 e. The number of nitro benzene ring substituents is 2. The van der Waals surface area contributed by atoms with Crippen molar-refractivity contribution < 1.29 is 19.3 Å². The number of nitro groups is 2. The Morgan fingerprint density at radius 2 is 1.38 bits per heavy atom. The molecule has 0 aliphatic carbocycles. The second kappa shape index (κ2) is 11.4. The first-order valence-electron chi connectivity index (χ1n) is 11.0. The van der Waals surface area contributed by atoms with E-state index in [4.69, 9.17) is 9.47 Å². The molecular formula is C27H20N4O6. The average molecular weight is 496 g/mol. The predicted molar refractivity (Wildman–Crippen MR) is 139 cm³/mol. The maximum atomic E-state index is 11.4. The summed E-state index contributed by atoms with van der Waals surface area (Å²) in [7, 11) is 1.43. The fourth-order valence-corrected chi connectivity index (χ4v) is 3.44. The Labute approximate surface area is 211 Å². The zero-order valence-corrected chi connectivity index (χ0v) is 19.6. The molecule has 37 heavy (non-hydrogen) atoms. The molecule has 4 rings (SSSR count). The normalized spacial score (nSPS) is 10.6. The van der Waals surface area contributed by atoms with Crippen molar-refractivity contribution in [3.05, 3.63) is 134 Å². The smallest absolute Gasteiger partial charge is 0.318 e. The first-order chi connectivity index (χ1) is 18.0. The SMILES string of the molecule is COc1cc(C=NN=C(c2ccccc2)c2ccccc2)ccc1Oc1ccc([N+](=O)[O-])cc1[N+](=O)[O-]. The predicted octanol–water partition coefficient (Wildman–Crippen LogP) is 6.18. The monoisotopic (exact) mass is 496 g/mol. The summed E-state index contributed by atoms with van der Waals surface area (Å²) in [4.78, 5) is 20.9. The maximum absolute atomic E-state index is 11.4. The van der Waals surface area contributed by atoms with Gasteiger partial charge in [-0.1, -0.05) is 60.7 Å². The third kappa shape index (κ3) is 6.01. The van der Waals surface area contributed by atoms with Crippen molar-refractivity contribution in [2.75, 3.05) is 7.11 Å². The topological polar surface area (TPSA) is 129 Å². The standard InChI is InChI=1S/C27H20N4O6/c1-36-26-16-19(12-14-25(26)37-24-15-13-22(30(32)33)17-23(24)31(34)35)18-28-29-27(20-8-4-2-5-9-20)21-10-6-3-7-11-21/h2-18H,1H3. The molecule has 4 aromatic rings. The van der Waals surface area contributed by atoms with Crippen molar-refractivity contribution in [3.63, 3.8) is 0 Å². The van der Waals surface area contributed by atoms with E-state index in [1.807, 2.05) is 60.7 Å². The van der Waals surface area contributed by atoms with E-state index in [0.717, 1.165) is 23.3 Å². The Hall–Kier alpha value is -5.38. The third-order valence-electron chi connectivity index (χ3n) is 5.22. The Kier molecular flexibility index (Phi) is 7.60. The van der Waals surface area contributed by atoms with Crippen molar-refractivity contribution in [2.24, 2.45) is 10.2 Å². The second-order valence-corrected chi connectivity index (χ2v) is 7.60. The van der Waals surface area contributed by atoms with Gasteiger partial charge in [0.15, 0.2) is 11.5 Å². The van der Waals surface area contributed by atoms with Gasteiger partial charge in [-0.15, -0.1) is 5.10 Å². The summed E-state index contributed by atoms with van der Waals surface area (Å²) in [5.74, 6) is 0.316. The van der Waals surface area contributed by atoms with Crippen LogP contribution >= 0.6 is 0 Å². The number of nitrogens with zero attached hydrogens (tertiary/aromatic N) is 4. The average Bonchev–Trinajstić information content (AvgIpc) is 2.92. The first-order valence-corrected chi connectivity index (χ1v) is 11.0. The molecule has 0 atom stereocenters. The summed E-state index contributed by atoms with van der Waals surface area (Å²) in [6, 6.07) is 27.4. The minimum absolute atomic E-state index is 0.157. The molecule has 0 heterocycles. The molecule has 0 saturated carbocycles. The first kappa shape index (κ1) is 24.7. The Balaban J connectivity index is 1.61. The second-order valence-electron chi connectivity index (χ2n) is 7.60. The van der Waals surface area contributed by atoms with Crippen molar-refractivity contribution in [1.82, 2.24) is 0 Å². The zero-order chi connectivity index (χ0) is 26.2. The molecule has 0 amide bonds. The molecule has 0 spiro atoms. The van der Waals surface area contributed by atoms with Crippen LogP contribution in [0.2, 0.25) is 0 Å². The Bertz CT molecular complexity index is 1450. The molecule has 4 aromatic carbocycles. The molecule has 0 saturated heterocycles.